The molecule has 1 heterocycles. The molecule has 6 heteroatoms. The summed E-state index contributed by atoms with van der Waals surface area (Å²) in [5.74, 6) is -0.424. The molecule has 0 radical (unpaired) electrons. The number of rotatable bonds is 4. The van der Waals surface area contributed by atoms with Crippen LogP contribution in [0.5, 0.6) is 0 Å². The Morgan fingerprint density at radius 2 is 1.75 bits per heavy atom. The second-order valence-corrected chi connectivity index (χ2v) is 5.53. The van der Waals surface area contributed by atoms with E-state index in [0.717, 1.165) is 16.7 Å². The Balaban J connectivity index is 1.75. The second-order valence-electron chi connectivity index (χ2n) is 5.53. The Morgan fingerprint density at radius 3 is 2.46 bits per heavy atom. The van der Waals surface area contributed by atoms with Crippen molar-refractivity contribution in [2.24, 2.45) is 5.73 Å². The van der Waals surface area contributed by atoms with Gasteiger partial charge in [-0.05, 0) is 16.7 Å². The number of carbonyl (C=O) groups excluding carboxylic acids is 2. The van der Waals surface area contributed by atoms with Crippen molar-refractivity contribution in [1.29, 1.82) is 0 Å². The molecule has 2 aromatic carbocycles. The van der Waals surface area contributed by atoms with Gasteiger partial charge in [-0.15, -0.1) is 0 Å². The van der Waals surface area contributed by atoms with E-state index in [-0.39, 0.29) is 6.42 Å². The molecule has 3 rings (SSSR count). The zero-order chi connectivity index (χ0) is 16.9. The van der Waals surface area contributed by atoms with Gasteiger partial charge in [0, 0.05) is 6.42 Å². The molecule has 1 aliphatic heterocycles. The molecule has 6 nitrogen and oxygen atoms in total. The van der Waals surface area contributed by atoms with Gasteiger partial charge in [-0.1, -0.05) is 54.6 Å². The average Bonchev–Trinajstić information content (AvgIpc) is 2.60. The normalized spacial score (nSPS) is 14.6. The quantitative estimate of drug-likeness (QED) is 0.933. The van der Waals surface area contributed by atoms with Crippen LogP contribution < -0.4 is 5.73 Å². The number of hydroxylamine groups is 2. The van der Waals surface area contributed by atoms with Crippen molar-refractivity contribution in [1.82, 2.24) is 5.06 Å². The van der Waals surface area contributed by atoms with Crippen LogP contribution in [0.3, 0.4) is 0 Å². The predicted octanol–water partition coefficient (Wildman–Crippen LogP) is 2.17. The molecule has 0 spiro atoms. The van der Waals surface area contributed by atoms with Crippen LogP contribution in [0.4, 0.5) is 4.79 Å². The van der Waals surface area contributed by atoms with E-state index in [2.05, 4.69) is 0 Å². The summed E-state index contributed by atoms with van der Waals surface area (Å²) >= 11 is 0. The van der Waals surface area contributed by atoms with E-state index in [4.69, 9.17) is 15.3 Å². The molecule has 0 aromatic heterocycles. The first-order chi connectivity index (χ1) is 11.6. The molecule has 0 aliphatic carbocycles. The van der Waals surface area contributed by atoms with Gasteiger partial charge < -0.3 is 10.5 Å². The van der Waals surface area contributed by atoms with E-state index in [9.17, 15) is 9.59 Å². The van der Waals surface area contributed by atoms with Crippen LogP contribution in [-0.4, -0.2) is 23.2 Å². The third-order valence-corrected chi connectivity index (χ3v) is 3.85. The van der Waals surface area contributed by atoms with E-state index in [0.29, 0.717) is 13.2 Å². The number of nitrogens with zero attached hydrogens (tertiary/aromatic N) is 1. The Labute approximate surface area is 139 Å². The van der Waals surface area contributed by atoms with Gasteiger partial charge in [-0.2, -0.15) is 0 Å². The molecule has 0 fully saturated rings. The summed E-state index contributed by atoms with van der Waals surface area (Å²) in [5.41, 5.74) is 8.04. The van der Waals surface area contributed by atoms with Crippen LogP contribution in [0.15, 0.2) is 54.6 Å². The Bertz CT molecular complexity index is 733. The van der Waals surface area contributed by atoms with E-state index in [1.54, 1.807) is 0 Å². The van der Waals surface area contributed by atoms with Gasteiger partial charge in [0.2, 0.25) is 0 Å². The summed E-state index contributed by atoms with van der Waals surface area (Å²) in [6.07, 6.45) is -1.76. The van der Waals surface area contributed by atoms with Gasteiger partial charge in [0.1, 0.15) is 6.61 Å². The maximum Gasteiger partial charge on any atom is 0.405 e. The maximum atomic E-state index is 12.7. The fourth-order valence-corrected chi connectivity index (χ4v) is 2.65. The van der Waals surface area contributed by atoms with Gasteiger partial charge in [-0.25, -0.2) is 9.86 Å². The number of nitrogens with two attached hydrogens (primary N) is 1. The maximum absolute atomic E-state index is 12.7. The predicted molar refractivity (Wildman–Crippen MR) is 86.4 cm³/mol. The molecular weight excluding hydrogens is 308 g/mol. The van der Waals surface area contributed by atoms with Gasteiger partial charge >= 0.3 is 6.09 Å². The molecule has 0 saturated carbocycles. The summed E-state index contributed by atoms with van der Waals surface area (Å²) in [6.45, 7) is 0.610. The molecule has 0 saturated heterocycles. The fraction of sp³-hybridized carbons (Fsp3) is 0.222. The lowest BCUT2D eigenvalue weighted by Crippen LogP contribution is -2.44. The smallest absolute Gasteiger partial charge is 0.405 e. The van der Waals surface area contributed by atoms with Crippen molar-refractivity contribution in [3.05, 3.63) is 71.3 Å². The molecular formula is C18H18N2O4. The Kier molecular flexibility index (Phi) is 4.77. The SMILES string of the molecule is NC(=O)O[C@@H](Cc1ccccc1)C(=O)N1Cc2ccccc2CO1. The lowest BCUT2D eigenvalue weighted by Gasteiger charge is -2.30. The van der Waals surface area contributed by atoms with Crippen LogP contribution in [0.25, 0.3) is 0 Å². The number of hydrogen-bond acceptors (Lipinski definition) is 4. The second kappa shape index (κ2) is 7.14. The van der Waals surface area contributed by atoms with Crippen molar-refractivity contribution in [3.63, 3.8) is 0 Å². The molecule has 2 amide bonds. The third kappa shape index (κ3) is 3.72. The molecule has 24 heavy (non-hydrogen) atoms. The molecule has 2 N–H and O–H groups in total. The van der Waals surface area contributed by atoms with E-state index >= 15 is 0 Å². The van der Waals surface area contributed by atoms with Crippen molar-refractivity contribution < 1.29 is 19.2 Å². The van der Waals surface area contributed by atoms with Crippen LogP contribution >= 0.6 is 0 Å². The van der Waals surface area contributed by atoms with Gasteiger partial charge in [-0.3, -0.25) is 9.63 Å². The Hall–Kier alpha value is -2.86. The van der Waals surface area contributed by atoms with Gasteiger partial charge in [0.25, 0.3) is 5.91 Å². The number of carbonyl (C=O) groups is 2. The van der Waals surface area contributed by atoms with Crippen LogP contribution in [0.1, 0.15) is 16.7 Å². The van der Waals surface area contributed by atoms with Crippen molar-refractivity contribution >= 4 is 12.0 Å². The van der Waals surface area contributed by atoms with Crippen molar-refractivity contribution in [3.8, 4) is 0 Å². The number of ether oxygens (including phenoxy) is 1. The number of primary amides is 1. The topological polar surface area (TPSA) is 81.9 Å². The average molecular weight is 326 g/mol. The van der Waals surface area contributed by atoms with E-state index < -0.39 is 18.1 Å². The zero-order valence-corrected chi connectivity index (χ0v) is 13.1. The number of benzene rings is 2. The summed E-state index contributed by atoms with van der Waals surface area (Å²) in [6, 6.07) is 17.0. The number of fused-ring (bicyclic) bond motifs is 1. The molecule has 124 valence electrons. The van der Waals surface area contributed by atoms with Crippen molar-refractivity contribution in [2.45, 2.75) is 25.7 Å². The molecule has 1 atom stereocenters. The van der Waals surface area contributed by atoms with Gasteiger partial charge in [0.15, 0.2) is 6.10 Å². The largest absolute Gasteiger partial charge is 0.436 e. The lowest BCUT2D eigenvalue weighted by atomic mass is 10.1. The minimum atomic E-state index is -1.02. The zero-order valence-electron chi connectivity index (χ0n) is 13.1. The molecule has 0 bridgehead atoms. The molecule has 1 aliphatic rings. The summed E-state index contributed by atoms with van der Waals surface area (Å²) in [7, 11) is 0. The van der Waals surface area contributed by atoms with Crippen LogP contribution in [0, 0.1) is 0 Å². The highest BCUT2D eigenvalue weighted by Gasteiger charge is 2.31. The summed E-state index contributed by atoms with van der Waals surface area (Å²) < 4.78 is 5.02. The summed E-state index contributed by atoms with van der Waals surface area (Å²) in [4.78, 5) is 29.4. The molecule has 2 aromatic rings. The van der Waals surface area contributed by atoms with Crippen LogP contribution in [-0.2, 0) is 33.9 Å². The lowest BCUT2D eigenvalue weighted by molar-refractivity contribution is -0.208. The standard InChI is InChI=1S/C18H18N2O4/c19-18(22)24-16(10-13-6-2-1-3-7-13)17(21)20-11-14-8-4-5-9-15(14)12-23-20/h1-9,16H,10-12H2,(H2,19,22)/t16-/m0/s1. The minimum absolute atomic E-state index is 0.240. The monoisotopic (exact) mass is 326 g/mol. The highest BCUT2D eigenvalue weighted by molar-refractivity contribution is 5.83. The first-order valence-electron chi connectivity index (χ1n) is 7.64. The van der Waals surface area contributed by atoms with Crippen molar-refractivity contribution in [2.75, 3.05) is 0 Å². The first-order valence-corrected chi connectivity index (χ1v) is 7.64. The van der Waals surface area contributed by atoms with E-state index in [1.165, 1.54) is 5.06 Å². The highest BCUT2D eigenvalue weighted by atomic mass is 16.7. The highest BCUT2D eigenvalue weighted by Crippen LogP contribution is 2.21. The number of hydrogen-bond donors (Lipinski definition) is 1. The first kappa shape index (κ1) is 16.0. The molecule has 0 unspecified atom stereocenters. The number of amides is 2. The van der Waals surface area contributed by atoms with Crippen LogP contribution in [0.2, 0.25) is 0 Å². The van der Waals surface area contributed by atoms with E-state index in [1.807, 2.05) is 54.6 Å². The Morgan fingerprint density at radius 1 is 1.08 bits per heavy atom. The fourth-order valence-electron chi connectivity index (χ4n) is 2.65. The summed E-state index contributed by atoms with van der Waals surface area (Å²) in [5, 5.41) is 1.23. The third-order valence-electron chi connectivity index (χ3n) is 3.85. The van der Waals surface area contributed by atoms with Gasteiger partial charge in [0.05, 0.1) is 6.54 Å². The minimum Gasteiger partial charge on any atom is -0.436 e.